The summed E-state index contributed by atoms with van der Waals surface area (Å²) >= 11 is 1.72. The normalized spacial score (nSPS) is 28.3. The molecule has 2 unspecified atom stereocenters. The molecule has 5 nitrogen and oxygen atoms in total. The van der Waals surface area contributed by atoms with Gasteiger partial charge >= 0.3 is 0 Å². The molecule has 122 valence electrons. The molecule has 23 heavy (non-hydrogen) atoms. The highest BCUT2D eigenvalue weighted by molar-refractivity contribution is 7.09. The highest BCUT2D eigenvalue weighted by atomic mass is 32.1. The molecule has 0 bridgehead atoms. The Morgan fingerprint density at radius 2 is 2.43 bits per heavy atom. The van der Waals surface area contributed by atoms with E-state index in [0.29, 0.717) is 6.61 Å². The Hall–Kier alpha value is -1.50. The van der Waals surface area contributed by atoms with Crippen molar-refractivity contribution in [3.8, 4) is 5.75 Å². The van der Waals surface area contributed by atoms with Gasteiger partial charge in [0.15, 0.2) is 0 Å². The summed E-state index contributed by atoms with van der Waals surface area (Å²) in [4.78, 5) is 11.0. The lowest BCUT2D eigenvalue weighted by molar-refractivity contribution is -0.0538. The molecular weight excluding hydrogens is 310 g/mol. The second kappa shape index (κ2) is 6.55. The van der Waals surface area contributed by atoms with Crippen molar-refractivity contribution in [2.24, 2.45) is 0 Å². The quantitative estimate of drug-likeness (QED) is 0.862. The van der Waals surface area contributed by atoms with E-state index in [2.05, 4.69) is 14.9 Å². The first-order chi connectivity index (χ1) is 11.3. The van der Waals surface area contributed by atoms with Gasteiger partial charge in [-0.25, -0.2) is 4.98 Å². The van der Waals surface area contributed by atoms with Gasteiger partial charge in [-0.05, 0) is 31.5 Å². The molecule has 4 rings (SSSR count). The summed E-state index contributed by atoms with van der Waals surface area (Å²) in [5.74, 6) is 0.827. The molecular formula is C17H21N3O2S. The predicted octanol–water partition coefficient (Wildman–Crippen LogP) is 2.74. The van der Waals surface area contributed by atoms with E-state index in [0.717, 1.165) is 38.2 Å². The van der Waals surface area contributed by atoms with Crippen molar-refractivity contribution in [2.75, 3.05) is 19.7 Å². The van der Waals surface area contributed by atoms with Crippen LogP contribution in [0, 0.1) is 0 Å². The minimum absolute atomic E-state index is 0.0532. The zero-order chi connectivity index (χ0) is 15.5. The fraction of sp³-hybridized carbons (Fsp3) is 0.529. The van der Waals surface area contributed by atoms with Gasteiger partial charge < -0.3 is 9.47 Å². The Balaban J connectivity index is 1.37. The van der Waals surface area contributed by atoms with Crippen molar-refractivity contribution in [3.63, 3.8) is 0 Å². The number of pyridine rings is 1. The van der Waals surface area contributed by atoms with Crippen LogP contribution in [0.2, 0.25) is 0 Å². The number of hydrogen-bond acceptors (Lipinski definition) is 6. The molecule has 0 aliphatic carbocycles. The monoisotopic (exact) mass is 331 g/mol. The number of ether oxygens (including phenoxy) is 2. The van der Waals surface area contributed by atoms with E-state index in [1.54, 1.807) is 23.7 Å². The third-order valence-corrected chi connectivity index (χ3v) is 5.34. The molecule has 2 aromatic heterocycles. The van der Waals surface area contributed by atoms with Gasteiger partial charge in [0.2, 0.25) is 0 Å². The average molecular weight is 331 g/mol. The van der Waals surface area contributed by atoms with Crippen LogP contribution in [0.3, 0.4) is 0 Å². The van der Waals surface area contributed by atoms with Crippen molar-refractivity contribution in [3.05, 3.63) is 41.1 Å². The van der Waals surface area contributed by atoms with E-state index in [-0.39, 0.29) is 11.7 Å². The minimum atomic E-state index is -0.0532. The fourth-order valence-corrected chi connectivity index (χ4v) is 4.28. The van der Waals surface area contributed by atoms with Crippen LogP contribution in [0.5, 0.6) is 5.75 Å². The van der Waals surface area contributed by atoms with Crippen LogP contribution in [0.25, 0.3) is 0 Å². The molecule has 0 amide bonds. The number of rotatable bonds is 4. The molecule has 4 heterocycles. The van der Waals surface area contributed by atoms with Gasteiger partial charge in [-0.2, -0.15) is 0 Å². The lowest BCUT2D eigenvalue weighted by Crippen LogP contribution is -2.47. The first-order valence-electron chi connectivity index (χ1n) is 8.13. The van der Waals surface area contributed by atoms with Gasteiger partial charge in [-0.1, -0.05) is 0 Å². The standard InChI is InChI=1S/C17H21N3O2S/c1-3-14(10-18-5-1)22-15-9-17(21-12-15)4-2-7-20(13-17)11-16-19-6-8-23-16/h1,3,5-6,8,10,15H,2,4,7,9,11-13H2. The lowest BCUT2D eigenvalue weighted by Gasteiger charge is -2.39. The molecule has 0 radical (unpaired) electrons. The Labute approximate surface area is 140 Å². The maximum atomic E-state index is 6.21. The third kappa shape index (κ3) is 3.54. The van der Waals surface area contributed by atoms with E-state index >= 15 is 0 Å². The summed E-state index contributed by atoms with van der Waals surface area (Å²) in [5, 5.41) is 3.22. The van der Waals surface area contributed by atoms with Crippen LogP contribution >= 0.6 is 11.3 Å². The Bertz CT molecular complexity index is 622. The summed E-state index contributed by atoms with van der Waals surface area (Å²) in [7, 11) is 0. The summed E-state index contributed by atoms with van der Waals surface area (Å²) in [6.07, 6.45) is 8.77. The summed E-state index contributed by atoms with van der Waals surface area (Å²) in [6, 6.07) is 3.85. The van der Waals surface area contributed by atoms with E-state index < -0.39 is 0 Å². The van der Waals surface area contributed by atoms with Crippen LogP contribution in [-0.4, -0.2) is 46.3 Å². The smallest absolute Gasteiger partial charge is 0.138 e. The van der Waals surface area contributed by atoms with Crippen molar-refractivity contribution in [2.45, 2.75) is 37.5 Å². The van der Waals surface area contributed by atoms with Crippen molar-refractivity contribution in [1.82, 2.24) is 14.9 Å². The zero-order valence-corrected chi connectivity index (χ0v) is 13.9. The topological polar surface area (TPSA) is 47.5 Å². The number of nitrogens with zero attached hydrogens (tertiary/aromatic N) is 3. The average Bonchev–Trinajstić information content (AvgIpc) is 3.19. The Morgan fingerprint density at radius 1 is 1.43 bits per heavy atom. The fourth-order valence-electron chi connectivity index (χ4n) is 3.62. The SMILES string of the molecule is c1cncc(OC2COC3(CCCN(Cc4nccs4)C3)C2)c1. The molecule has 0 N–H and O–H groups in total. The Morgan fingerprint density at radius 3 is 3.26 bits per heavy atom. The van der Waals surface area contributed by atoms with Gasteiger partial charge in [-0.15, -0.1) is 11.3 Å². The number of likely N-dealkylation sites (tertiary alicyclic amines) is 1. The first kappa shape index (κ1) is 15.1. The Kier molecular flexibility index (Phi) is 4.29. The summed E-state index contributed by atoms with van der Waals surface area (Å²) < 4.78 is 12.2. The minimum Gasteiger partial charge on any atom is -0.486 e. The lowest BCUT2D eigenvalue weighted by atomic mass is 9.89. The number of thiazole rings is 1. The second-order valence-corrected chi connectivity index (χ2v) is 7.35. The molecule has 0 saturated carbocycles. The first-order valence-corrected chi connectivity index (χ1v) is 9.01. The highest BCUT2D eigenvalue weighted by Gasteiger charge is 2.44. The van der Waals surface area contributed by atoms with Gasteiger partial charge in [-0.3, -0.25) is 9.88 Å². The van der Waals surface area contributed by atoms with Gasteiger partial charge in [0.1, 0.15) is 16.9 Å². The maximum absolute atomic E-state index is 6.21. The molecule has 2 atom stereocenters. The molecule has 2 fully saturated rings. The summed E-state index contributed by atoms with van der Waals surface area (Å²) in [5.41, 5.74) is -0.0532. The molecule has 0 aromatic carbocycles. The van der Waals surface area contributed by atoms with Crippen LogP contribution in [0.15, 0.2) is 36.1 Å². The maximum Gasteiger partial charge on any atom is 0.138 e. The van der Waals surface area contributed by atoms with Crippen molar-refractivity contribution < 1.29 is 9.47 Å². The molecule has 2 aliphatic rings. The molecule has 2 aromatic rings. The van der Waals surface area contributed by atoms with Gasteiger partial charge in [0, 0.05) is 30.7 Å². The number of aromatic nitrogens is 2. The van der Waals surface area contributed by atoms with E-state index in [1.165, 1.54) is 11.4 Å². The molecule has 1 spiro atoms. The van der Waals surface area contributed by atoms with Gasteiger partial charge in [0.25, 0.3) is 0 Å². The van der Waals surface area contributed by atoms with E-state index in [1.807, 2.05) is 23.7 Å². The highest BCUT2D eigenvalue weighted by Crippen LogP contribution is 2.36. The van der Waals surface area contributed by atoms with Crippen molar-refractivity contribution in [1.29, 1.82) is 0 Å². The molecule has 2 aliphatic heterocycles. The molecule has 6 heteroatoms. The number of piperidine rings is 1. The second-order valence-electron chi connectivity index (χ2n) is 6.37. The van der Waals surface area contributed by atoms with Crippen LogP contribution in [0.4, 0.5) is 0 Å². The number of hydrogen-bond donors (Lipinski definition) is 0. The van der Waals surface area contributed by atoms with Gasteiger partial charge in [0.05, 0.1) is 24.9 Å². The predicted molar refractivity (Wildman–Crippen MR) is 88.6 cm³/mol. The largest absolute Gasteiger partial charge is 0.486 e. The van der Waals surface area contributed by atoms with Crippen LogP contribution in [-0.2, 0) is 11.3 Å². The third-order valence-electron chi connectivity index (χ3n) is 4.57. The van der Waals surface area contributed by atoms with E-state index in [9.17, 15) is 0 Å². The van der Waals surface area contributed by atoms with Crippen molar-refractivity contribution >= 4 is 11.3 Å². The van der Waals surface area contributed by atoms with Crippen LogP contribution in [0.1, 0.15) is 24.3 Å². The zero-order valence-electron chi connectivity index (χ0n) is 13.1. The van der Waals surface area contributed by atoms with Crippen LogP contribution < -0.4 is 4.74 Å². The molecule has 2 saturated heterocycles. The van der Waals surface area contributed by atoms with E-state index in [4.69, 9.17) is 9.47 Å². The summed E-state index contributed by atoms with van der Waals surface area (Å²) in [6.45, 7) is 3.69.